The Bertz CT molecular complexity index is 420. The molecule has 0 bridgehead atoms. The van der Waals surface area contributed by atoms with Crippen LogP contribution in [0.15, 0.2) is 36.9 Å². The molecule has 2 heteroatoms. The molecule has 0 saturated heterocycles. The van der Waals surface area contributed by atoms with Gasteiger partial charge in [0.2, 0.25) is 0 Å². The Morgan fingerprint density at radius 1 is 0.955 bits per heavy atom. The van der Waals surface area contributed by atoms with E-state index in [1.165, 1.54) is 62.6 Å². The molecular weight excluding hydrogens is 268 g/mol. The second-order valence-electron chi connectivity index (χ2n) is 6.00. The largest absolute Gasteiger partial charge is 0.388 e. The second kappa shape index (κ2) is 12.0. The van der Waals surface area contributed by atoms with Crippen LogP contribution >= 0.6 is 0 Å². The molecule has 0 aliphatic carbocycles. The molecule has 2 N–H and O–H groups in total. The number of hydrogen-bond acceptors (Lipinski definition) is 2. The molecule has 0 atom stereocenters. The van der Waals surface area contributed by atoms with Gasteiger partial charge in [0.25, 0.3) is 0 Å². The average Bonchev–Trinajstić information content (AvgIpc) is 2.56. The minimum atomic E-state index is 0.683. The van der Waals surface area contributed by atoms with Gasteiger partial charge in [0, 0.05) is 18.4 Å². The minimum Gasteiger partial charge on any atom is -0.388 e. The molecule has 0 heterocycles. The molecule has 122 valence electrons. The smallest absolute Gasteiger partial charge is 0.0337 e. The van der Waals surface area contributed by atoms with Crippen LogP contribution < -0.4 is 5.32 Å². The molecule has 1 rings (SSSR count). The molecule has 0 radical (unpaired) electrons. The number of rotatable bonds is 13. The molecular formula is C20H32N2. The van der Waals surface area contributed by atoms with E-state index < -0.39 is 0 Å². The lowest BCUT2D eigenvalue weighted by molar-refractivity contribution is 0.571. The van der Waals surface area contributed by atoms with Gasteiger partial charge in [0.05, 0.1) is 0 Å². The highest BCUT2D eigenvalue weighted by Gasteiger charge is 1.96. The van der Waals surface area contributed by atoms with Crippen molar-refractivity contribution in [2.75, 3.05) is 12.4 Å². The average molecular weight is 300 g/mol. The van der Waals surface area contributed by atoms with Gasteiger partial charge in [-0.15, -0.1) is 0 Å². The summed E-state index contributed by atoms with van der Waals surface area (Å²) in [7, 11) is 1.96. The normalized spacial score (nSPS) is 10.4. The molecule has 0 amide bonds. The lowest BCUT2D eigenvalue weighted by Gasteiger charge is -2.04. The van der Waals surface area contributed by atoms with E-state index in [1.807, 2.05) is 7.05 Å². The Kier molecular flexibility index (Phi) is 10.1. The van der Waals surface area contributed by atoms with E-state index in [0.717, 1.165) is 12.8 Å². The van der Waals surface area contributed by atoms with Crippen LogP contribution in [0.2, 0.25) is 0 Å². The highest BCUT2D eigenvalue weighted by molar-refractivity contribution is 5.91. The fourth-order valence-electron chi connectivity index (χ4n) is 2.65. The van der Waals surface area contributed by atoms with Gasteiger partial charge in [-0.05, 0) is 49.5 Å². The van der Waals surface area contributed by atoms with Crippen LogP contribution in [0.1, 0.15) is 63.4 Å². The zero-order valence-electron chi connectivity index (χ0n) is 14.2. The van der Waals surface area contributed by atoms with Gasteiger partial charge in [-0.1, -0.05) is 57.2 Å². The van der Waals surface area contributed by atoms with Crippen molar-refractivity contribution in [2.24, 2.45) is 0 Å². The standard InChI is InChI=1S/C20H32N2/c1-3-19(21)13-11-9-7-5-4-6-8-10-12-18-14-16-20(22-2)17-15-18/h3,14-17,21-22H,1,4-13H2,2H3. The number of benzene rings is 1. The van der Waals surface area contributed by atoms with E-state index in [1.54, 1.807) is 6.08 Å². The molecule has 0 aliphatic rings. The van der Waals surface area contributed by atoms with E-state index in [4.69, 9.17) is 5.41 Å². The maximum absolute atomic E-state index is 7.50. The second-order valence-corrected chi connectivity index (χ2v) is 6.00. The van der Waals surface area contributed by atoms with Crippen molar-refractivity contribution in [1.29, 1.82) is 5.41 Å². The maximum Gasteiger partial charge on any atom is 0.0337 e. The summed E-state index contributed by atoms with van der Waals surface area (Å²) in [6.45, 7) is 3.62. The van der Waals surface area contributed by atoms with Crippen LogP contribution in [-0.2, 0) is 6.42 Å². The van der Waals surface area contributed by atoms with Gasteiger partial charge in [0.1, 0.15) is 0 Å². The van der Waals surface area contributed by atoms with Crippen molar-refractivity contribution in [3.8, 4) is 0 Å². The van der Waals surface area contributed by atoms with E-state index in [9.17, 15) is 0 Å². The first-order chi connectivity index (χ1) is 10.8. The SMILES string of the molecule is C=CC(=N)CCCCCCCCCCc1ccc(NC)cc1. The Morgan fingerprint density at radius 2 is 1.50 bits per heavy atom. The molecule has 2 nitrogen and oxygen atoms in total. The highest BCUT2D eigenvalue weighted by atomic mass is 14.8. The van der Waals surface area contributed by atoms with Crippen LogP contribution in [0, 0.1) is 5.41 Å². The van der Waals surface area contributed by atoms with Gasteiger partial charge < -0.3 is 10.7 Å². The van der Waals surface area contributed by atoms with E-state index in [0.29, 0.717) is 5.71 Å². The van der Waals surface area contributed by atoms with E-state index in [2.05, 4.69) is 36.2 Å². The Morgan fingerprint density at radius 3 is 2.05 bits per heavy atom. The molecule has 0 fully saturated rings. The fraction of sp³-hybridized carbons (Fsp3) is 0.550. The Balaban J connectivity index is 1.91. The summed E-state index contributed by atoms with van der Waals surface area (Å²) in [5.41, 5.74) is 3.32. The number of aryl methyl sites for hydroxylation is 1. The van der Waals surface area contributed by atoms with Crippen LogP contribution in [0.4, 0.5) is 5.69 Å². The van der Waals surface area contributed by atoms with E-state index in [-0.39, 0.29) is 0 Å². The maximum atomic E-state index is 7.50. The van der Waals surface area contributed by atoms with Crippen molar-refractivity contribution in [2.45, 2.75) is 64.2 Å². The Hall–Kier alpha value is -1.57. The predicted octanol–water partition coefficient (Wildman–Crippen LogP) is 5.99. The molecule has 0 aromatic heterocycles. The highest BCUT2D eigenvalue weighted by Crippen LogP contribution is 2.14. The first-order valence-electron chi connectivity index (χ1n) is 8.73. The van der Waals surface area contributed by atoms with Gasteiger partial charge in [0.15, 0.2) is 0 Å². The summed E-state index contributed by atoms with van der Waals surface area (Å²) in [4.78, 5) is 0. The third-order valence-electron chi connectivity index (χ3n) is 4.15. The van der Waals surface area contributed by atoms with Gasteiger partial charge in [-0.2, -0.15) is 0 Å². The van der Waals surface area contributed by atoms with Crippen molar-refractivity contribution in [3.63, 3.8) is 0 Å². The predicted molar refractivity (Wildman–Crippen MR) is 99.2 cm³/mol. The summed E-state index contributed by atoms with van der Waals surface area (Å²) >= 11 is 0. The van der Waals surface area contributed by atoms with Gasteiger partial charge >= 0.3 is 0 Å². The zero-order chi connectivity index (χ0) is 16.0. The Labute approximate surface area is 136 Å². The van der Waals surface area contributed by atoms with Crippen molar-refractivity contribution in [1.82, 2.24) is 0 Å². The summed E-state index contributed by atoms with van der Waals surface area (Å²) < 4.78 is 0. The van der Waals surface area contributed by atoms with Crippen molar-refractivity contribution < 1.29 is 0 Å². The summed E-state index contributed by atoms with van der Waals surface area (Å²) in [5, 5.41) is 10.7. The van der Waals surface area contributed by atoms with Crippen LogP contribution in [0.5, 0.6) is 0 Å². The minimum absolute atomic E-state index is 0.683. The van der Waals surface area contributed by atoms with E-state index >= 15 is 0 Å². The van der Waals surface area contributed by atoms with Crippen LogP contribution in [0.25, 0.3) is 0 Å². The zero-order valence-corrected chi connectivity index (χ0v) is 14.2. The molecule has 0 unspecified atom stereocenters. The summed E-state index contributed by atoms with van der Waals surface area (Å²) in [5.74, 6) is 0. The number of unbranched alkanes of at least 4 members (excludes halogenated alkanes) is 7. The summed E-state index contributed by atoms with van der Waals surface area (Å²) in [6.07, 6.45) is 14.2. The van der Waals surface area contributed by atoms with Crippen molar-refractivity contribution in [3.05, 3.63) is 42.5 Å². The van der Waals surface area contributed by atoms with Crippen LogP contribution in [0.3, 0.4) is 0 Å². The first-order valence-corrected chi connectivity index (χ1v) is 8.73. The third-order valence-corrected chi connectivity index (χ3v) is 4.15. The molecule has 0 saturated carbocycles. The number of hydrogen-bond donors (Lipinski definition) is 2. The molecule has 0 aliphatic heterocycles. The topological polar surface area (TPSA) is 35.9 Å². The van der Waals surface area contributed by atoms with Crippen molar-refractivity contribution >= 4 is 11.4 Å². The third kappa shape index (κ3) is 8.66. The molecule has 1 aromatic rings. The molecule has 0 spiro atoms. The molecule has 1 aromatic carbocycles. The number of anilines is 1. The number of allylic oxidation sites excluding steroid dienone is 1. The summed E-state index contributed by atoms with van der Waals surface area (Å²) in [6, 6.07) is 8.77. The lowest BCUT2D eigenvalue weighted by atomic mass is 10.0. The monoisotopic (exact) mass is 300 g/mol. The van der Waals surface area contributed by atoms with Crippen LogP contribution in [-0.4, -0.2) is 12.8 Å². The number of nitrogens with one attached hydrogen (secondary N) is 2. The lowest BCUT2D eigenvalue weighted by Crippen LogP contribution is -1.90. The quantitative estimate of drug-likeness (QED) is 0.341. The molecule has 22 heavy (non-hydrogen) atoms. The van der Waals surface area contributed by atoms with Gasteiger partial charge in [-0.3, -0.25) is 0 Å². The first kappa shape index (κ1) is 18.5. The fourth-order valence-corrected chi connectivity index (χ4v) is 2.65. The van der Waals surface area contributed by atoms with Gasteiger partial charge in [-0.25, -0.2) is 0 Å².